The summed E-state index contributed by atoms with van der Waals surface area (Å²) in [6.45, 7) is 6.21. The molecule has 2 aliphatic heterocycles. The zero-order valence-electron chi connectivity index (χ0n) is 15.7. The molecule has 0 radical (unpaired) electrons. The van der Waals surface area contributed by atoms with Crippen LogP contribution in [0, 0.1) is 0 Å². The quantitative estimate of drug-likeness (QED) is 0.864. The smallest absolute Gasteiger partial charge is 0.123 e. The predicted octanol–water partition coefficient (Wildman–Crippen LogP) is 3.38. The van der Waals surface area contributed by atoms with Gasteiger partial charge in [0, 0.05) is 49.8 Å². The molecule has 1 N–H and O–H groups in total. The molecule has 26 heavy (non-hydrogen) atoms. The Balaban J connectivity index is 1.34. The minimum atomic E-state index is 0.263. The molecule has 0 amide bonds. The second kappa shape index (κ2) is 7.68. The molecule has 4 nitrogen and oxygen atoms in total. The van der Waals surface area contributed by atoms with Gasteiger partial charge in [-0.25, -0.2) is 0 Å². The summed E-state index contributed by atoms with van der Waals surface area (Å²) < 4.78 is 11.5. The fourth-order valence-electron chi connectivity index (χ4n) is 4.05. The first kappa shape index (κ1) is 17.4. The van der Waals surface area contributed by atoms with Gasteiger partial charge >= 0.3 is 0 Å². The molecule has 0 bridgehead atoms. The Kier molecular flexibility index (Phi) is 5.14. The number of likely N-dealkylation sites (tertiary alicyclic amines) is 1. The highest BCUT2D eigenvalue weighted by Gasteiger charge is 2.24. The van der Waals surface area contributed by atoms with Crippen LogP contribution in [-0.2, 0) is 19.5 Å². The van der Waals surface area contributed by atoms with Gasteiger partial charge in [0.15, 0.2) is 0 Å². The van der Waals surface area contributed by atoms with Crippen molar-refractivity contribution in [1.29, 1.82) is 0 Å². The van der Waals surface area contributed by atoms with Crippen LogP contribution in [-0.4, -0.2) is 37.2 Å². The highest BCUT2D eigenvalue weighted by Crippen LogP contribution is 2.35. The number of ether oxygens (including phenoxy) is 2. The normalized spacial score (nSPS) is 22.2. The van der Waals surface area contributed by atoms with Crippen molar-refractivity contribution in [2.24, 2.45) is 0 Å². The molecule has 2 atom stereocenters. The molecule has 1 fully saturated rings. The van der Waals surface area contributed by atoms with Gasteiger partial charge < -0.3 is 14.8 Å². The second-order valence-electron chi connectivity index (χ2n) is 7.49. The van der Waals surface area contributed by atoms with E-state index < -0.39 is 0 Å². The summed E-state index contributed by atoms with van der Waals surface area (Å²) in [6.07, 6.45) is 2.42. The van der Waals surface area contributed by atoms with Crippen LogP contribution in [0.1, 0.15) is 30.0 Å². The van der Waals surface area contributed by atoms with Gasteiger partial charge in [-0.2, -0.15) is 0 Å². The Hall–Kier alpha value is -2.04. The van der Waals surface area contributed by atoms with E-state index in [0.717, 1.165) is 44.1 Å². The van der Waals surface area contributed by atoms with E-state index in [9.17, 15) is 0 Å². The summed E-state index contributed by atoms with van der Waals surface area (Å²) in [5.41, 5.74) is 3.83. The lowest BCUT2D eigenvalue weighted by atomic mass is 10.1. The largest absolute Gasteiger partial charge is 0.496 e. The first-order valence-electron chi connectivity index (χ1n) is 9.57. The van der Waals surface area contributed by atoms with Crippen molar-refractivity contribution in [3.8, 4) is 11.5 Å². The third-order valence-corrected chi connectivity index (χ3v) is 5.40. The molecule has 2 aromatic rings. The third-order valence-electron chi connectivity index (χ3n) is 5.40. The number of methoxy groups -OCH3 is 1. The fraction of sp³-hybridized carbons (Fsp3) is 0.455. The molecule has 138 valence electrons. The standard InChI is InChI=1S/C22H28N2O2/c1-16-10-18-11-21(25-2)19(12-22(18)26-16)13-23-20-8-9-24(15-20)14-17-6-4-3-5-7-17/h3-7,11-12,16,20,23H,8-10,13-15H2,1-2H3/t16-,20-/m1/s1. The number of rotatable bonds is 6. The van der Waals surface area contributed by atoms with E-state index in [0.29, 0.717) is 6.04 Å². The lowest BCUT2D eigenvalue weighted by Gasteiger charge is -2.18. The first-order chi connectivity index (χ1) is 12.7. The van der Waals surface area contributed by atoms with Crippen molar-refractivity contribution in [1.82, 2.24) is 10.2 Å². The van der Waals surface area contributed by atoms with E-state index >= 15 is 0 Å². The van der Waals surface area contributed by atoms with Crippen LogP contribution in [0.2, 0.25) is 0 Å². The highest BCUT2D eigenvalue weighted by molar-refractivity contribution is 5.48. The lowest BCUT2D eigenvalue weighted by Crippen LogP contribution is -2.32. The topological polar surface area (TPSA) is 33.7 Å². The molecule has 1 saturated heterocycles. The van der Waals surface area contributed by atoms with Crippen LogP contribution < -0.4 is 14.8 Å². The van der Waals surface area contributed by atoms with Gasteiger partial charge in [0.05, 0.1) is 7.11 Å². The van der Waals surface area contributed by atoms with Gasteiger partial charge in [0.2, 0.25) is 0 Å². The third kappa shape index (κ3) is 3.87. The van der Waals surface area contributed by atoms with Crippen molar-refractivity contribution in [3.63, 3.8) is 0 Å². The Bertz CT molecular complexity index is 747. The van der Waals surface area contributed by atoms with Crippen molar-refractivity contribution in [2.75, 3.05) is 20.2 Å². The van der Waals surface area contributed by atoms with Crippen LogP contribution in [0.25, 0.3) is 0 Å². The minimum absolute atomic E-state index is 0.263. The number of nitrogens with one attached hydrogen (secondary N) is 1. The Morgan fingerprint density at radius 1 is 1.23 bits per heavy atom. The average Bonchev–Trinajstić information content (AvgIpc) is 3.24. The molecular formula is C22H28N2O2. The van der Waals surface area contributed by atoms with Gasteiger partial charge in [-0.15, -0.1) is 0 Å². The first-order valence-corrected chi connectivity index (χ1v) is 9.57. The SMILES string of the molecule is COc1cc2c(cc1CN[C@@H]1CCN(Cc3ccccc3)C1)O[C@H](C)C2. The van der Waals surface area contributed by atoms with Gasteiger partial charge in [-0.3, -0.25) is 4.90 Å². The van der Waals surface area contributed by atoms with Crippen molar-refractivity contribution in [3.05, 3.63) is 59.2 Å². The number of nitrogens with zero attached hydrogens (tertiary/aromatic N) is 1. The Labute approximate surface area is 156 Å². The van der Waals surface area contributed by atoms with Gasteiger partial charge in [0.25, 0.3) is 0 Å². The molecular weight excluding hydrogens is 324 g/mol. The summed E-state index contributed by atoms with van der Waals surface area (Å²) >= 11 is 0. The summed E-state index contributed by atoms with van der Waals surface area (Å²) in [7, 11) is 1.75. The van der Waals surface area contributed by atoms with E-state index in [1.54, 1.807) is 7.11 Å². The van der Waals surface area contributed by atoms with Crippen LogP contribution in [0.4, 0.5) is 0 Å². The van der Waals surface area contributed by atoms with E-state index in [1.165, 1.54) is 23.1 Å². The monoisotopic (exact) mass is 352 g/mol. The molecule has 4 heteroatoms. The Morgan fingerprint density at radius 3 is 2.88 bits per heavy atom. The molecule has 0 unspecified atom stereocenters. The number of hydrogen-bond donors (Lipinski definition) is 1. The van der Waals surface area contributed by atoms with Crippen LogP contribution in [0.3, 0.4) is 0 Å². The summed E-state index contributed by atoms with van der Waals surface area (Å²) in [4.78, 5) is 2.53. The maximum atomic E-state index is 5.91. The van der Waals surface area contributed by atoms with Gasteiger partial charge in [-0.05, 0) is 31.0 Å². The fourth-order valence-corrected chi connectivity index (χ4v) is 4.05. The molecule has 2 aliphatic rings. The van der Waals surface area contributed by atoms with Crippen LogP contribution >= 0.6 is 0 Å². The average molecular weight is 352 g/mol. The van der Waals surface area contributed by atoms with Crippen molar-refractivity contribution >= 4 is 0 Å². The molecule has 4 rings (SSSR count). The molecule has 0 aliphatic carbocycles. The zero-order chi connectivity index (χ0) is 17.9. The van der Waals surface area contributed by atoms with Crippen LogP contribution in [0.5, 0.6) is 11.5 Å². The summed E-state index contributed by atoms with van der Waals surface area (Å²) in [5, 5.41) is 3.71. The van der Waals surface area contributed by atoms with Gasteiger partial charge in [-0.1, -0.05) is 30.3 Å². The van der Waals surface area contributed by atoms with E-state index in [-0.39, 0.29) is 6.10 Å². The zero-order valence-corrected chi connectivity index (χ0v) is 15.7. The maximum Gasteiger partial charge on any atom is 0.123 e. The van der Waals surface area contributed by atoms with Crippen molar-refractivity contribution in [2.45, 2.75) is 45.0 Å². The van der Waals surface area contributed by atoms with Gasteiger partial charge in [0.1, 0.15) is 17.6 Å². The molecule has 2 heterocycles. The molecule has 2 aromatic carbocycles. The van der Waals surface area contributed by atoms with Crippen LogP contribution in [0.15, 0.2) is 42.5 Å². The molecule has 0 saturated carbocycles. The number of benzene rings is 2. The number of hydrogen-bond acceptors (Lipinski definition) is 4. The maximum absolute atomic E-state index is 5.91. The van der Waals surface area contributed by atoms with E-state index in [1.807, 2.05) is 0 Å². The summed E-state index contributed by atoms with van der Waals surface area (Å²) in [6, 6.07) is 15.5. The molecule has 0 spiro atoms. The lowest BCUT2D eigenvalue weighted by molar-refractivity contribution is 0.254. The van der Waals surface area contributed by atoms with E-state index in [4.69, 9.17) is 9.47 Å². The minimum Gasteiger partial charge on any atom is -0.496 e. The highest BCUT2D eigenvalue weighted by atomic mass is 16.5. The summed E-state index contributed by atoms with van der Waals surface area (Å²) in [5.74, 6) is 1.99. The van der Waals surface area contributed by atoms with E-state index in [2.05, 4.69) is 59.6 Å². The Morgan fingerprint density at radius 2 is 2.08 bits per heavy atom. The second-order valence-corrected chi connectivity index (χ2v) is 7.49. The number of fused-ring (bicyclic) bond motifs is 1. The van der Waals surface area contributed by atoms with Crippen molar-refractivity contribution < 1.29 is 9.47 Å². The predicted molar refractivity (Wildman–Crippen MR) is 104 cm³/mol. The molecule has 0 aromatic heterocycles.